The molecule has 96 valence electrons. The first-order valence-electron chi connectivity index (χ1n) is 6.57. The molecule has 1 aromatic carbocycles. The lowest BCUT2D eigenvalue weighted by Crippen LogP contribution is -2.33. The Morgan fingerprint density at radius 3 is 2.53 bits per heavy atom. The summed E-state index contributed by atoms with van der Waals surface area (Å²) in [5, 5.41) is 3.64. The second-order valence-electron chi connectivity index (χ2n) is 4.63. The van der Waals surface area contributed by atoms with Crippen LogP contribution in [-0.2, 0) is 4.74 Å². The molecule has 0 bridgehead atoms. The van der Waals surface area contributed by atoms with Gasteiger partial charge in [-0.1, -0.05) is 50.1 Å². The fourth-order valence-corrected chi connectivity index (χ4v) is 2.03. The lowest BCUT2D eigenvalue weighted by atomic mass is 10.1. The van der Waals surface area contributed by atoms with Gasteiger partial charge < -0.3 is 10.1 Å². The Kier molecular flexibility index (Phi) is 6.90. The molecule has 17 heavy (non-hydrogen) atoms. The summed E-state index contributed by atoms with van der Waals surface area (Å²) in [5.74, 6) is 0. The third kappa shape index (κ3) is 5.33. The summed E-state index contributed by atoms with van der Waals surface area (Å²) in [4.78, 5) is 0. The molecule has 1 N–H and O–H groups in total. The highest BCUT2D eigenvalue weighted by molar-refractivity contribution is 5.19. The maximum Gasteiger partial charge on any atom is 0.0657 e. The van der Waals surface area contributed by atoms with Crippen molar-refractivity contribution in [2.45, 2.75) is 45.2 Å². The van der Waals surface area contributed by atoms with Crippen LogP contribution in [0.2, 0.25) is 0 Å². The summed E-state index contributed by atoms with van der Waals surface area (Å²) in [5.41, 5.74) is 1.30. The van der Waals surface area contributed by atoms with Crippen LogP contribution in [0.4, 0.5) is 0 Å². The maximum absolute atomic E-state index is 5.30. The van der Waals surface area contributed by atoms with E-state index in [1.54, 1.807) is 7.11 Å². The van der Waals surface area contributed by atoms with Crippen LogP contribution in [0.15, 0.2) is 30.3 Å². The van der Waals surface area contributed by atoms with Crippen molar-refractivity contribution in [3.05, 3.63) is 35.9 Å². The van der Waals surface area contributed by atoms with Gasteiger partial charge in [-0.2, -0.15) is 0 Å². The van der Waals surface area contributed by atoms with Gasteiger partial charge in [0, 0.05) is 13.2 Å². The number of rotatable bonds is 8. The van der Waals surface area contributed by atoms with Gasteiger partial charge >= 0.3 is 0 Å². The van der Waals surface area contributed by atoms with Crippen molar-refractivity contribution in [1.82, 2.24) is 5.32 Å². The molecule has 1 rings (SSSR count). The Labute approximate surface area is 105 Å². The molecule has 0 heterocycles. The summed E-state index contributed by atoms with van der Waals surface area (Å²) in [6.45, 7) is 5.21. The first-order chi connectivity index (χ1) is 8.27. The molecule has 2 atom stereocenters. The van der Waals surface area contributed by atoms with Crippen LogP contribution in [0.5, 0.6) is 0 Å². The van der Waals surface area contributed by atoms with Gasteiger partial charge in [-0.05, 0) is 18.9 Å². The van der Waals surface area contributed by atoms with E-state index in [0.29, 0.717) is 12.1 Å². The molecular weight excluding hydrogens is 210 g/mol. The zero-order valence-electron chi connectivity index (χ0n) is 11.3. The predicted molar refractivity (Wildman–Crippen MR) is 73.2 cm³/mol. The average Bonchev–Trinajstić information content (AvgIpc) is 2.37. The van der Waals surface area contributed by atoms with Crippen molar-refractivity contribution < 1.29 is 4.74 Å². The predicted octanol–water partition coefficient (Wildman–Crippen LogP) is 3.54. The third-order valence-electron chi connectivity index (χ3n) is 3.01. The number of benzene rings is 1. The zero-order chi connectivity index (χ0) is 12.5. The lowest BCUT2D eigenvalue weighted by molar-refractivity contribution is 0.161. The molecule has 0 aliphatic heterocycles. The first-order valence-corrected chi connectivity index (χ1v) is 6.57. The van der Waals surface area contributed by atoms with Crippen LogP contribution in [0.25, 0.3) is 0 Å². The summed E-state index contributed by atoms with van der Waals surface area (Å²) >= 11 is 0. The van der Waals surface area contributed by atoms with E-state index in [0.717, 1.165) is 6.61 Å². The van der Waals surface area contributed by atoms with Gasteiger partial charge in [0.25, 0.3) is 0 Å². The second kappa shape index (κ2) is 8.26. The van der Waals surface area contributed by atoms with E-state index in [9.17, 15) is 0 Å². The quantitative estimate of drug-likeness (QED) is 0.744. The number of methoxy groups -OCH3 is 1. The average molecular weight is 235 g/mol. The molecule has 0 amide bonds. The number of nitrogens with one attached hydrogen (secondary N) is 1. The Balaban J connectivity index is 2.54. The lowest BCUT2D eigenvalue weighted by Gasteiger charge is -2.23. The van der Waals surface area contributed by atoms with Gasteiger partial charge in [0.2, 0.25) is 0 Å². The molecule has 0 saturated carbocycles. The van der Waals surface area contributed by atoms with Crippen LogP contribution in [0.1, 0.15) is 44.7 Å². The Hall–Kier alpha value is -0.860. The van der Waals surface area contributed by atoms with Crippen molar-refractivity contribution in [3.63, 3.8) is 0 Å². The van der Waals surface area contributed by atoms with Crippen LogP contribution >= 0.6 is 0 Å². The van der Waals surface area contributed by atoms with Gasteiger partial charge in [0.05, 0.1) is 12.6 Å². The molecule has 2 heteroatoms. The standard InChI is InChI=1S/C15H25NO/c1-4-5-9-13(2)16-15(12-17-3)14-10-7-6-8-11-14/h6-8,10-11,13,15-16H,4-5,9,12H2,1-3H3. The zero-order valence-corrected chi connectivity index (χ0v) is 11.3. The van der Waals surface area contributed by atoms with Gasteiger partial charge in [-0.15, -0.1) is 0 Å². The van der Waals surface area contributed by atoms with Crippen molar-refractivity contribution in [3.8, 4) is 0 Å². The number of hydrogen-bond acceptors (Lipinski definition) is 2. The van der Waals surface area contributed by atoms with Crippen LogP contribution in [0, 0.1) is 0 Å². The highest BCUT2D eigenvalue weighted by Crippen LogP contribution is 2.14. The SMILES string of the molecule is CCCCC(C)NC(COC)c1ccccc1. The molecule has 0 aliphatic carbocycles. The largest absolute Gasteiger partial charge is 0.383 e. The van der Waals surface area contributed by atoms with Gasteiger partial charge in [0.15, 0.2) is 0 Å². The molecule has 0 aliphatic rings. The monoisotopic (exact) mass is 235 g/mol. The molecule has 0 saturated heterocycles. The normalized spacial score (nSPS) is 14.5. The number of unbranched alkanes of at least 4 members (excludes halogenated alkanes) is 1. The first kappa shape index (κ1) is 14.2. The topological polar surface area (TPSA) is 21.3 Å². The summed E-state index contributed by atoms with van der Waals surface area (Å²) in [6.07, 6.45) is 3.76. The second-order valence-corrected chi connectivity index (χ2v) is 4.63. The minimum atomic E-state index is 0.299. The van der Waals surface area contributed by atoms with E-state index in [-0.39, 0.29) is 0 Å². The van der Waals surface area contributed by atoms with Crippen LogP contribution in [0.3, 0.4) is 0 Å². The van der Waals surface area contributed by atoms with E-state index >= 15 is 0 Å². The summed E-state index contributed by atoms with van der Waals surface area (Å²) < 4.78 is 5.30. The highest BCUT2D eigenvalue weighted by Gasteiger charge is 2.13. The molecular formula is C15H25NO. The van der Waals surface area contributed by atoms with Gasteiger partial charge in [-0.25, -0.2) is 0 Å². The van der Waals surface area contributed by atoms with E-state index in [1.807, 2.05) is 6.07 Å². The Morgan fingerprint density at radius 2 is 1.94 bits per heavy atom. The van der Waals surface area contributed by atoms with Gasteiger partial charge in [-0.3, -0.25) is 0 Å². The van der Waals surface area contributed by atoms with Gasteiger partial charge in [0.1, 0.15) is 0 Å². The molecule has 2 nitrogen and oxygen atoms in total. The smallest absolute Gasteiger partial charge is 0.0657 e. The molecule has 0 aromatic heterocycles. The number of ether oxygens (including phenoxy) is 1. The maximum atomic E-state index is 5.30. The van der Waals surface area contributed by atoms with Crippen LogP contribution in [-0.4, -0.2) is 19.8 Å². The van der Waals surface area contributed by atoms with Crippen molar-refractivity contribution in [2.24, 2.45) is 0 Å². The van der Waals surface area contributed by atoms with E-state index in [1.165, 1.54) is 24.8 Å². The molecule has 1 aromatic rings. The fourth-order valence-electron chi connectivity index (χ4n) is 2.03. The fraction of sp³-hybridized carbons (Fsp3) is 0.600. The highest BCUT2D eigenvalue weighted by atomic mass is 16.5. The summed E-state index contributed by atoms with van der Waals surface area (Å²) in [7, 11) is 1.76. The summed E-state index contributed by atoms with van der Waals surface area (Å²) in [6, 6.07) is 11.4. The molecule has 0 fully saturated rings. The molecule has 0 radical (unpaired) electrons. The van der Waals surface area contributed by atoms with Crippen LogP contribution < -0.4 is 5.32 Å². The third-order valence-corrected chi connectivity index (χ3v) is 3.01. The minimum absolute atomic E-state index is 0.299. The van der Waals surface area contributed by atoms with Crippen molar-refractivity contribution >= 4 is 0 Å². The molecule has 2 unspecified atom stereocenters. The number of hydrogen-bond donors (Lipinski definition) is 1. The molecule has 0 spiro atoms. The van der Waals surface area contributed by atoms with Crippen molar-refractivity contribution in [1.29, 1.82) is 0 Å². The minimum Gasteiger partial charge on any atom is -0.383 e. The van der Waals surface area contributed by atoms with E-state index in [4.69, 9.17) is 4.74 Å². The Bertz CT molecular complexity index is 286. The van der Waals surface area contributed by atoms with Crippen molar-refractivity contribution in [2.75, 3.05) is 13.7 Å². The van der Waals surface area contributed by atoms with E-state index < -0.39 is 0 Å². The van der Waals surface area contributed by atoms with E-state index in [2.05, 4.69) is 43.4 Å². The Morgan fingerprint density at radius 1 is 1.24 bits per heavy atom.